The van der Waals surface area contributed by atoms with Crippen molar-refractivity contribution in [1.82, 2.24) is 4.98 Å². The molecule has 0 saturated heterocycles. The highest BCUT2D eigenvalue weighted by molar-refractivity contribution is 7.98. The van der Waals surface area contributed by atoms with Gasteiger partial charge in [0.05, 0.1) is 18.5 Å². The van der Waals surface area contributed by atoms with Crippen molar-refractivity contribution in [2.75, 3.05) is 18.3 Å². The van der Waals surface area contributed by atoms with Gasteiger partial charge in [0.15, 0.2) is 5.13 Å². The second kappa shape index (κ2) is 9.77. The zero-order chi connectivity index (χ0) is 21.7. The highest BCUT2D eigenvalue weighted by atomic mass is 32.2. The Bertz CT molecular complexity index is 1060. The van der Waals surface area contributed by atoms with E-state index < -0.39 is 5.97 Å². The molecular formula is C22H22N2O4S2. The van der Waals surface area contributed by atoms with E-state index in [9.17, 15) is 9.59 Å². The number of hydrogen-bond donors (Lipinski definition) is 0. The Morgan fingerprint density at radius 2 is 2.00 bits per heavy atom. The SMILES string of the molecule is COc1cc(SC)ccc1C(=O)OCc1csc(N(C(C)=O)c2cccc(C)c2)n1. The lowest BCUT2D eigenvalue weighted by atomic mass is 10.2. The summed E-state index contributed by atoms with van der Waals surface area (Å²) in [5.41, 5.74) is 2.72. The van der Waals surface area contributed by atoms with Crippen molar-refractivity contribution in [3.63, 3.8) is 0 Å². The largest absolute Gasteiger partial charge is 0.496 e. The Morgan fingerprint density at radius 3 is 2.67 bits per heavy atom. The van der Waals surface area contributed by atoms with Gasteiger partial charge in [0.1, 0.15) is 17.9 Å². The molecule has 30 heavy (non-hydrogen) atoms. The fourth-order valence-corrected chi connectivity index (χ4v) is 4.14. The Morgan fingerprint density at radius 1 is 1.20 bits per heavy atom. The molecule has 0 radical (unpaired) electrons. The van der Waals surface area contributed by atoms with Gasteiger partial charge in [-0.2, -0.15) is 0 Å². The number of thiazole rings is 1. The number of ether oxygens (including phenoxy) is 2. The minimum Gasteiger partial charge on any atom is -0.496 e. The number of thioether (sulfide) groups is 1. The number of aryl methyl sites for hydroxylation is 1. The summed E-state index contributed by atoms with van der Waals surface area (Å²) in [4.78, 5) is 31.8. The van der Waals surface area contributed by atoms with Crippen LogP contribution in [-0.2, 0) is 16.1 Å². The zero-order valence-electron chi connectivity index (χ0n) is 17.2. The smallest absolute Gasteiger partial charge is 0.342 e. The molecule has 0 aliphatic heterocycles. The van der Waals surface area contributed by atoms with Crippen molar-refractivity contribution in [1.29, 1.82) is 0 Å². The molecule has 0 aliphatic rings. The second-order valence-electron chi connectivity index (χ2n) is 6.46. The number of rotatable bonds is 7. The lowest BCUT2D eigenvalue weighted by Gasteiger charge is -2.18. The minimum atomic E-state index is -0.490. The van der Waals surface area contributed by atoms with Gasteiger partial charge < -0.3 is 9.47 Å². The van der Waals surface area contributed by atoms with Crippen molar-refractivity contribution < 1.29 is 19.1 Å². The first-order valence-electron chi connectivity index (χ1n) is 9.14. The topological polar surface area (TPSA) is 68.7 Å². The lowest BCUT2D eigenvalue weighted by Crippen LogP contribution is -2.22. The Hall–Kier alpha value is -2.84. The molecule has 3 rings (SSSR count). The fourth-order valence-electron chi connectivity index (χ4n) is 2.84. The van der Waals surface area contributed by atoms with Gasteiger partial charge in [-0.05, 0) is 49.1 Å². The third kappa shape index (κ3) is 5.01. The van der Waals surface area contributed by atoms with Gasteiger partial charge in [0, 0.05) is 17.2 Å². The molecule has 0 aliphatic carbocycles. The number of amides is 1. The van der Waals surface area contributed by atoms with Crippen LogP contribution in [0, 0.1) is 6.92 Å². The molecule has 156 valence electrons. The van der Waals surface area contributed by atoms with E-state index in [1.54, 1.807) is 34.2 Å². The van der Waals surface area contributed by atoms with Crippen molar-refractivity contribution in [3.8, 4) is 5.75 Å². The van der Waals surface area contributed by atoms with Crippen molar-refractivity contribution >= 4 is 45.8 Å². The highest BCUT2D eigenvalue weighted by Gasteiger charge is 2.19. The molecule has 1 aromatic heterocycles. The van der Waals surface area contributed by atoms with Crippen LogP contribution in [0.4, 0.5) is 10.8 Å². The first-order chi connectivity index (χ1) is 14.4. The fraction of sp³-hybridized carbons (Fsp3) is 0.227. The van der Waals surface area contributed by atoms with E-state index in [2.05, 4.69) is 4.98 Å². The standard InChI is InChI=1S/C22H22N2O4S2/c1-14-6-5-7-17(10-14)24(15(2)25)22-23-16(13-30-22)12-28-21(26)19-9-8-18(29-4)11-20(19)27-3/h5-11,13H,12H2,1-4H3. The molecule has 3 aromatic rings. The summed E-state index contributed by atoms with van der Waals surface area (Å²) in [5, 5.41) is 2.31. The monoisotopic (exact) mass is 442 g/mol. The van der Waals surface area contributed by atoms with E-state index in [1.807, 2.05) is 43.5 Å². The number of hydrogen-bond acceptors (Lipinski definition) is 7. The molecule has 1 heterocycles. The van der Waals surface area contributed by atoms with Crippen LogP contribution in [0.1, 0.15) is 28.5 Å². The quantitative estimate of drug-likeness (QED) is 0.369. The van der Waals surface area contributed by atoms with Gasteiger partial charge in [-0.15, -0.1) is 23.1 Å². The maximum atomic E-state index is 12.5. The van der Waals surface area contributed by atoms with Crippen LogP contribution in [0.2, 0.25) is 0 Å². The summed E-state index contributed by atoms with van der Waals surface area (Å²) < 4.78 is 10.7. The molecule has 0 spiro atoms. The number of carbonyl (C=O) groups is 2. The molecule has 1 amide bonds. The van der Waals surface area contributed by atoms with Crippen LogP contribution in [0.15, 0.2) is 52.7 Å². The number of benzene rings is 2. The van der Waals surface area contributed by atoms with Gasteiger partial charge in [-0.1, -0.05) is 12.1 Å². The van der Waals surface area contributed by atoms with Gasteiger partial charge >= 0.3 is 5.97 Å². The second-order valence-corrected chi connectivity index (χ2v) is 8.17. The van der Waals surface area contributed by atoms with Crippen LogP contribution < -0.4 is 9.64 Å². The van der Waals surface area contributed by atoms with Crippen LogP contribution in [0.3, 0.4) is 0 Å². The highest BCUT2D eigenvalue weighted by Crippen LogP contribution is 2.30. The number of nitrogens with zero attached hydrogens (tertiary/aromatic N) is 2. The van der Waals surface area contributed by atoms with Crippen LogP contribution in [-0.4, -0.2) is 30.2 Å². The van der Waals surface area contributed by atoms with Gasteiger partial charge in [-0.25, -0.2) is 9.78 Å². The number of esters is 1. The van der Waals surface area contributed by atoms with Crippen molar-refractivity contribution in [3.05, 3.63) is 64.7 Å². The molecule has 0 fully saturated rings. The average Bonchev–Trinajstić information content (AvgIpc) is 3.19. The molecular weight excluding hydrogens is 420 g/mol. The third-order valence-corrected chi connectivity index (χ3v) is 5.89. The normalized spacial score (nSPS) is 10.5. The Labute approximate surface area is 183 Å². The minimum absolute atomic E-state index is 0.00231. The number of anilines is 2. The van der Waals surface area contributed by atoms with Gasteiger partial charge in [0.2, 0.25) is 5.91 Å². The van der Waals surface area contributed by atoms with Crippen molar-refractivity contribution in [2.24, 2.45) is 0 Å². The Kier molecular flexibility index (Phi) is 7.12. The molecule has 2 aromatic carbocycles. The maximum absolute atomic E-state index is 12.5. The summed E-state index contributed by atoms with van der Waals surface area (Å²) in [7, 11) is 1.52. The van der Waals surface area contributed by atoms with Gasteiger partial charge in [0.25, 0.3) is 0 Å². The maximum Gasteiger partial charge on any atom is 0.342 e. The van der Waals surface area contributed by atoms with Crippen LogP contribution in [0.5, 0.6) is 5.75 Å². The molecule has 0 N–H and O–H groups in total. The van der Waals surface area contributed by atoms with E-state index in [1.165, 1.54) is 25.4 Å². The first-order valence-corrected chi connectivity index (χ1v) is 11.2. The summed E-state index contributed by atoms with van der Waals surface area (Å²) >= 11 is 2.88. The molecule has 6 nitrogen and oxygen atoms in total. The predicted molar refractivity (Wildman–Crippen MR) is 120 cm³/mol. The summed E-state index contributed by atoms with van der Waals surface area (Å²) in [6.45, 7) is 3.46. The van der Waals surface area contributed by atoms with Crippen LogP contribution in [0.25, 0.3) is 0 Å². The lowest BCUT2D eigenvalue weighted by molar-refractivity contribution is -0.115. The first kappa shape index (κ1) is 21.9. The van der Waals surface area contributed by atoms with E-state index in [0.29, 0.717) is 22.1 Å². The molecule has 0 unspecified atom stereocenters. The van der Waals surface area contributed by atoms with Crippen LogP contribution >= 0.6 is 23.1 Å². The zero-order valence-corrected chi connectivity index (χ0v) is 18.8. The average molecular weight is 443 g/mol. The van der Waals surface area contributed by atoms with E-state index in [0.717, 1.165) is 16.1 Å². The van der Waals surface area contributed by atoms with Gasteiger partial charge in [-0.3, -0.25) is 9.69 Å². The van der Waals surface area contributed by atoms with Crippen molar-refractivity contribution in [2.45, 2.75) is 25.3 Å². The summed E-state index contributed by atoms with van der Waals surface area (Å²) in [6.07, 6.45) is 1.95. The molecule has 0 bridgehead atoms. The number of aromatic nitrogens is 1. The molecule has 0 saturated carbocycles. The number of methoxy groups -OCH3 is 1. The van der Waals surface area contributed by atoms with E-state index >= 15 is 0 Å². The Balaban J connectivity index is 1.74. The third-order valence-electron chi connectivity index (χ3n) is 4.29. The molecule has 0 atom stereocenters. The summed E-state index contributed by atoms with van der Waals surface area (Å²) in [6, 6.07) is 13.0. The van der Waals surface area contributed by atoms with E-state index in [-0.39, 0.29) is 12.5 Å². The number of carbonyl (C=O) groups excluding carboxylic acids is 2. The van der Waals surface area contributed by atoms with E-state index in [4.69, 9.17) is 9.47 Å². The predicted octanol–water partition coefficient (Wildman–Crippen LogP) is 5.22. The summed E-state index contributed by atoms with van der Waals surface area (Å²) in [5.74, 6) is -0.165. The molecule has 8 heteroatoms.